The van der Waals surface area contributed by atoms with E-state index in [1.165, 1.54) is 32.1 Å². The molecule has 0 saturated heterocycles. The predicted molar refractivity (Wildman–Crippen MR) is 157 cm³/mol. The van der Waals surface area contributed by atoms with E-state index in [-0.39, 0.29) is 39.5 Å². The standard InChI is InChI=1S/C31H56O3Si2/c1-22-27-24(26(20-21-31(27,8)28(22)32)34-36(11,12)30(5,6)7)18-19-25(23-16-14-13-15-17-23)33-35(9,10)29(2,3)4/h22-27H,13-17,20-21H2,1-12H3/t22?,24-,25+,26+,27+,31-/m0/s1. The molecule has 0 bridgehead atoms. The average Bonchev–Trinajstić information content (AvgIpc) is 2.76. The Bertz CT molecular complexity index is 863. The molecule has 1 unspecified atom stereocenters. The first kappa shape index (κ1) is 30.1. The Labute approximate surface area is 225 Å². The van der Waals surface area contributed by atoms with Gasteiger partial charge in [-0.15, -0.1) is 0 Å². The van der Waals surface area contributed by atoms with Crippen molar-refractivity contribution in [1.29, 1.82) is 0 Å². The van der Waals surface area contributed by atoms with Gasteiger partial charge < -0.3 is 8.85 Å². The first-order valence-electron chi connectivity index (χ1n) is 14.7. The summed E-state index contributed by atoms with van der Waals surface area (Å²) in [5.41, 5.74) is -0.229. The van der Waals surface area contributed by atoms with E-state index in [4.69, 9.17) is 8.85 Å². The quantitative estimate of drug-likeness (QED) is 0.263. The van der Waals surface area contributed by atoms with Crippen LogP contribution in [0.25, 0.3) is 0 Å². The molecule has 3 saturated carbocycles. The zero-order chi connectivity index (χ0) is 27.3. The molecule has 0 aromatic rings. The van der Waals surface area contributed by atoms with Gasteiger partial charge in [-0.05, 0) is 73.8 Å². The van der Waals surface area contributed by atoms with Crippen molar-refractivity contribution < 1.29 is 13.6 Å². The van der Waals surface area contributed by atoms with Crippen molar-refractivity contribution >= 4 is 22.4 Å². The van der Waals surface area contributed by atoms with Crippen LogP contribution in [-0.2, 0) is 13.6 Å². The number of ketones is 1. The molecule has 3 nitrogen and oxygen atoms in total. The highest BCUT2D eigenvalue weighted by atomic mass is 28.4. The normalized spacial score (nSPS) is 33.3. The first-order chi connectivity index (χ1) is 16.3. The van der Waals surface area contributed by atoms with E-state index in [0.29, 0.717) is 17.6 Å². The fourth-order valence-electron chi connectivity index (χ4n) is 6.38. The molecule has 0 aromatic carbocycles. The van der Waals surface area contributed by atoms with Gasteiger partial charge in [0.15, 0.2) is 16.6 Å². The van der Waals surface area contributed by atoms with Crippen molar-refractivity contribution in [3.05, 3.63) is 0 Å². The van der Waals surface area contributed by atoms with Gasteiger partial charge in [0.05, 0.1) is 6.10 Å². The van der Waals surface area contributed by atoms with Gasteiger partial charge in [-0.25, -0.2) is 0 Å². The Morgan fingerprint density at radius 2 is 1.47 bits per heavy atom. The number of carbonyl (C=O) groups excluding carboxylic acids is 1. The lowest BCUT2D eigenvalue weighted by atomic mass is 9.45. The number of rotatable bonds is 5. The molecular formula is C31H56O3Si2. The number of hydrogen-bond donors (Lipinski definition) is 0. The Morgan fingerprint density at radius 1 is 0.917 bits per heavy atom. The summed E-state index contributed by atoms with van der Waals surface area (Å²) in [4.78, 5) is 13.0. The van der Waals surface area contributed by atoms with Gasteiger partial charge in [-0.2, -0.15) is 0 Å². The van der Waals surface area contributed by atoms with E-state index in [1.807, 2.05) is 0 Å². The molecule has 36 heavy (non-hydrogen) atoms. The summed E-state index contributed by atoms with van der Waals surface area (Å²) in [6.07, 6.45) is 8.34. The third kappa shape index (κ3) is 5.77. The van der Waals surface area contributed by atoms with Crippen LogP contribution in [-0.4, -0.2) is 34.6 Å². The summed E-state index contributed by atoms with van der Waals surface area (Å²) in [6.45, 7) is 27.7. The highest BCUT2D eigenvalue weighted by Gasteiger charge is 2.63. The number of fused-ring (bicyclic) bond motifs is 1. The van der Waals surface area contributed by atoms with Crippen LogP contribution in [0.15, 0.2) is 0 Å². The van der Waals surface area contributed by atoms with Crippen LogP contribution in [0.4, 0.5) is 0 Å². The second-order valence-electron chi connectivity index (χ2n) is 15.6. The molecule has 0 amide bonds. The summed E-state index contributed by atoms with van der Waals surface area (Å²) >= 11 is 0. The molecule has 6 atom stereocenters. The van der Waals surface area contributed by atoms with Crippen molar-refractivity contribution in [3.8, 4) is 11.8 Å². The summed E-state index contributed by atoms with van der Waals surface area (Å²) in [7, 11) is -3.91. The highest BCUT2D eigenvalue weighted by Crippen LogP contribution is 2.59. The molecule has 206 valence electrons. The van der Waals surface area contributed by atoms with Crippen molar-refractivity contribution in [2.75, 3.05) is 0 Å². The van der Waals surface area contributed by atoms with Crippen LogP contribution < -0.4 is 0 Å². The fourth-order valence-corrected chi connectivity index (χ4v) is 8.99. The first-order valence-corrected chi connectivity index (χ1v) is 20.5. The summed E-state index contributed by atoms with van der Waals surface area (Å²) in [6, 6.07) is 0. The molecule has 0 aliphatic heterocycles. The Kier molecular flexibility index (Phi) is 8.61. The van der Waals surface area contributed by atoms with Crippen molar-refractivity contribution in [1.82, 2.24) is 0 Å². The van der Waals surface area contributed by atoms with E-state index >= 15 is 0 Å². The molecule has 3 aliphatic rings. The topological polar surface area (TPSA) is 35.5 Å². The predicted octanol–water partition coefficient (Wildman–Crippen LogP) is 8.60. The molecule has 0 N–H and O–H groups in total. The summed E-state index contributed by atoms with van der Waals surface area (Å²) in [5.74, 6) is 9.02. The van der Waals surface area contributed by atoms with Gasteiger partial charge in [-0.1, -0.05) is 86.5 Å². The van der Waals surface area contributed by atoms with Crippen molar-refractivity contribution in [2.45, 2.75) is 149 Å². The van der Waals surface area contributed by atoms with E-state index in [2.05, 4.69) is 93.4 Å². The maximum Gasteiger partial charge on any atom is 0.193 e. The van der Waals surface area contributed by atoms with Gasteiger partial charge in [0.1, 0.15) is 11.9 Å². The minimum atomic E-state index is -1.96. The Morgan fingerprint density at radius 3 is 2.00 bits per heavy atom. The lowest BCUT2D eigenvalue weighted by Gasteiger charge is -2.58. The van der Waals surface area contributed by atoms with Crippen molar-refractivity contribution in [3.63, 3.8) is 0 Å². The largest absolute Gasteiger partial charge is 0.413 e. The van der Waals surface area contributed by atoms with Gasteiger partial charge in [0.25, 0.3) is 0 Å². The monoisotopic (exact) mass is 532 g/mol. The summed E-state index contributed by atoms with van der Waals surface area (Å²) in [5, 5.41) is 0.316. The Balaban J connectivity index is 1.97. The molecule has 3 aliphatic carbocycles. The SMILES string of the molecule is CC1C(=O)[C@@]2(C)CC[C@@H](O[Si](C)(C)C(C)(C)C)[C@H](C#C[C@@H](O[Si](C)(C)C(C)(C)C)C3CCCCC3)[C@@H]12. The summed E-state index contributed by atoms with van der Waals surface area (Å²) < 4.78 is 14.1. The lowest BCUT2D eigenvalue weighted by molar-refractivity contribution is -0.168. The molecule has 5 heteroatoms. The minimum Gasteiger partial charge on any atom is -0.413 e. The molecular weight excluding hydrogens is 477 g/mol. The highest BCUT2D eigenvalue weighted by molar-refractivity contribution is 6.74. The average molecular weight is 533 g/mol. The third-order valence-electron chi connectivity index (χ3n) is 10.9. The molecule has 0 spiro atoms. The maximum absolute atomic E-state index is 13.0. The second kappa shape index (κ2) is 10.3. The van der Waals surface area contributed by atoms with E-state index in [0.717, 1.165) is 12.8 Å². The zero-order valence-corrected chi connectivity index (χ0v) is 27.6. The number of Topliss-reactive ketones (excluding diaryl/α,β-unsaturated/α-hetero) is 1. The Hall–Kier alpha value is -0.416. The number of hydrogen-bond acceptors (Lipinski definition) is 3. The van der Waals surface area contributed by atoms with Gasteiger partial charge in [-0.3, -0.25) is 4.79 Å². The molecule has 0 heterocycles. The maximum atomic E-state index is 13.0. The number of carbonyl (C=O) groups is 1. The third-order valence-corrected chi connectivity index (χ3v) is 19.9. The van der Waals surface area contributed by atoms with E-state index in [9.17, 15) is 4.79 Å². The van der Waals surface area contributed by atoms with E-state index in [1.54, 1.807) is 0 Å². The smallest absolute Gasteiger partial charge is 0.193 e. The second-order valence-corrected chi connectivity index (χ2v) is 25.1. The molecule has 0 aromatic heterocycles. The van der Waals surface area contributed by atoms with Gasteiger partial charge in [0.2, 0.25) is 0 Å². The molecule has 3 fully saturated rings. The van der Waals surface area contributed by atoms with Crippen LogP contribution >= 0.6 is 0 Å². The van der Waals surface area contributed by atoms with Crippen molar-refractivity contribution in [2.24, 2.45) is 29.1 Å². The van der Waals surface area contributed by atoms with Crippen LogP contribution in [0.1, 0.15) is 100 Å². The van der Waals surface area contributed by atoms with Gasteiger partial charge in [0, 0.05) is 17.3 Å². The van der Waals surface area contributed by atoms with Crippen LogP contribution in [0.2, 0.25) is 36.3 Å². The van der Waals surface area contributed by atoms with Crippen LogP contribution in [0.5, 0.6) is 0 Å². The van der Waals surface area contributed by atoms with Crippen LogP contribution in [0, 0.1) is 40.9 Å². The zero-order valence-electron chi connectivity index (χ0n) is 25.6. The lowest BCUT2D eigenvalue weighted by Crippen LogP contribution is -2.63. The molecule has 3 rings (SSSR count). The van der Waals surface area contributed by atoms with Gasteiger partial charge >= 0.3 is 0 Å². The fraction of sp³-hybridized carbons (Fsp3) is 0.903. The molecule has 0 radical (unpaired) electrons. The van der Waals surface area contributed by atoms with E-state index < -0.39 is 16.6 Å². The minimum absolute atomic E-state index is 0.000945. The van der Waals surface area contributed by atoms with Crippen LogP contribution in [0.3, 0.4) is 0 Å².